The summed E-state index contributed by atoms with van der Waals surface area (Å²) < 4.78 is 25.8. The van der Waals surface area contributed by atoms with Crippen molar-refractivity contribution in [2.24, 2.45) is 5.41 Å². The van der Waals surface area contributed by atoms with E-state index in [1.807, 2.05) is 0 Å². The highest BCUT2D eigenvalue weighted by molar-refractivity contribution is 7.89. The third-order valence-corrected chi connectivity index (χ3v) is 5.27. The molecular formula is C13H21N3O3S. The summed E-state index contributed by atoms with van der Waals surface area (Å²) in [6.45, 7) is 0.867. The minimum absolute atomic E-state index is 0.138. The molecule has 7 heteroatoms. The Morgan fingerprint density at radius 1 is 1.40 bits per heavy atom. The van der Waals surface area contributed by atoms with Crippen molar-refractivity contribution in [3.63, 3.8) is 0 Å². The van der Waals surface area contributed by atoms with Crippen molar-refractivity contribution in [1.82, 2.24) is 4.72 Å². The molecule has 1 saturated carbocycles. The standard InChI is InChI=1S/C13H21N3O3S/c1-15-20(18,19)10-2-3-11(14)12(8-10)16-9-13(4-5-13)6-7-17/h2-3,8,15-17H,4-7,9,14H2,1H3. The maximum atomic E-state index is 11.8. The lowest BCUT2D eigenvalue weighted by molar-refractivity contribution is 0.253. The fourth-order valence-electron chi connectivity index (χ4n) is 2.19. The molecule has 1 aromatic rings. The molecule has 0 aliphatic heterocycles. The summed E-state index contributed by atoms with van der Waals surface area (Å²) in [5.74, 6) is 0. The van der Waals surface area contributed by atoms with Crippen LogP contribution < -0.4 is 15.8 Å². The number of anilines is 2. The third kappa shape index (κ3) is 3.23. The molecule has 0 heterocycles. The molecule has 0 atom stereocenters. The van der Waals surface area contributed by atoms with Crippen molar-refractivity contribution >= 4 is 21.4 Å². The Bertz CT molecular complexity index is 583. The number of nitrogens with one attached hydrogen (secondary N) is 2. The van der Waals surface area contributed by atoms with Crippen LogP contribution in [0, 0.1) is 5.41 Å². The van der Waals surface area contributed by atoms with Crippen molar-refractivity contribution in [2.75, 3.05) is 31.2 Å². The number of hydrogen-bond acceptors (Lipinski definition) is 5. The summed E-state index contributed by atoms with van der Waals surface area (Å²) in [7, 11) is -2.10. The molecule has 1 fully saturated rings. The van der Waals surface area contributed by atoms with Crippen molar-refractivity contribution in [3.05, 3.63) is 18.2 Å². The molecular weight excluding hydrogens is 278 g/mol. The van der Waals surface area contributed by atoms with Gasteiger partial charge in [-0.3, -0.25) is 0 Å². The van der Waals surface area contributed by atoms with Crippen molar-refractivity contribution in [2.45, 2.75) is 24.2 Å². The largest absolute Gasteiger partial charge is 0.397 e. The molecule has 0 aromatic heterocycles. The summed E-state index contributed by atoms with van der Waals surface area (Å²) in [6.07, 6.45) is 2.92. The van der Waals surface area contributed by atoms with Gasteiger partial charge in [-0.05, 0) is 49.9 Å². The normalized spacial score (nSPS) is 16.9. The van der Waals surface area contributed by atoms with Gasteiger partial charge in [0, 0.05) is 13.2 Å². The second-order valence-electron chi connectivity index (χ2n) is 5.28. The molecule has 1 aromatic carbocycles. The topological polar surface area (TPSA) is 104 Å². The minimum Gasteiger partial charge on any atom is -0.397 e. The first-order valence-corrected chi connectivity index (χ1v) is 8.09. The fraction of sp³-hybridized carbons (Fsp3) is 0.538. The predicted molar refractivity (Wildman–Crippen MR) is 79.0 cm³/mol. The average molecular weight is 299 g/mol. The van der Waals surface area contributed by atoms with Crippen LogP contribution in [-0.2, 0) is 10.0 Å². The van der Waals surface area contributed by atoms with E-state index < -0.39 is 10.0 Å². The van der Waals surface area contributed by atoms with Crippen LogP contribution in [0.1, 0.15) is 19.3 Å². The van der Waals surface area contributed by atoms with Gasteiger partial charge >= 0.3 is 0 Å². The second kappa shape index (κ2) is 5.59. The minimum atomic E-state index is -3.47. The van der Waals surface area contributed by atoms with E-state index in [-0.39, 0.29) is 16.9 Å². The van der Waals surface area contributed by atoms with Gasteiger partial charge in [0.05, 0.1) is 16.3 Å². The molecule has 20 heavy (non-hydrogen) atoms. The lowest BCUT2D eigenvalue weighted by Gasteiger charge is -2.17. The zero-order chi connectivity index (χ0) is 14.8. The monoisotopic (exact) mass is 299 g/mol. The van der Waals surface area contributed by atoms with Crippen LogP contribution >= 0.6 is 0 Å². The highest BCUT2D eigenvalue weighted by atomic mass is 32.2. The zero-order valence-electron chi connectivity index (χ0n) is 11.5. The summed E-state index contributed by atoms with van der Waals surface area (Å²) in [4.78, 5) is 0.184. The van der Waals surface area contributed by atoms with Gasteiger partial charge in [-0.15, -0.1) is 0 Å². The van der Waals surface area contributed by atoms with Crippen LogP contribution in [0.5, 0.6) is 0 Å². The van der Waals surface area contributed by atoms with Gasteiger partial charge in [0.25, 0.3) is 0 Å². The average Bonchev–Trinajstić information content (AvgIpc) is 3.18. The molecule has 0 amide bonds. The van der Waals surface area contributed by atoms with Gasteiger partial charge in [-0.2, -0.15) is 0 Å². The van der Waals surface area contributed by atoms with Crippen LogP contribution in [-0.4, -0.2) is 33.7 Å². The van der Waals surface area contributed by atoms with E-state index >= 15 is 0 Å². The molecule has 2 rings (SSSR count). The first-order valence-electron chi connectivity index (χ1n) is 6.60. The van der Waals surface area contributed by atoms with Gasteiger partial charge < -0.3 is 16.2 Å². The Hall–Kier alpha value is -1.31. The van der Waals surface area contributed by atoms with Crippen molar-refractivity contribution in [1.29, 1.82) is 0 Å². The molecule has 112 valence electrons. The SMILES string of the molecule is CNS(=O)(=O)c1ccc(N)c(NCC2(CCO)CC2)c1. The lowest BCUT2D eigenvalue weighted by Crippen LogP contribution is -2.20. The lowest BCUT2D eigenvalue weighted by atomic mass is 10.0. The van der Waals surface area contributed by atoms with Gasteiger partial charge in [0.15, 0.2) is 0 Å². The second-order valence-corrected chi connectivity index (χ2v) is 7.17. The number of aliphatic hydroxyl groups excluding tert-OH is 1. The molecule has 0 bridgehead atoms. The summed E-state index contributed by atoms with van der Waals surface area (Å²) in [6, 6.07) is 4.60. The Balaban J connectivity index is 2.14. The third-order valence-electron chi connectivity index (χ3n) is 3.86. The maximum Gasteiger partial charge on any atom is 0.240 e. The number of aliphatic hydroxyl groups is 1. The number of sulfonamides is 1. The van der Waals surface area contributed by atoms with E-state index in [9.17, 15) is 8.42 Å². The van der Waals surface area contributed by atoms with Crippen LogP contribution in [0.15, 0.2) is 23.1 Å². The van der Waals surface area contributed by atoms with E-state index in [1.54, 1.807) is 6.07 Å². The summed E-state index contributed by atoms with van der Waals surface area (Å²) in [5, 5.41) is 12.2. The molecule has 0 saturated heterocycles. The highest BCUT2D eigenvalue weighted by Gasteiger charge is 2.41. The van der Waals surface area contributed by atoms with Gasteiger partial charge in [-0.1, -0.05) is 0 Å². The molecule has 5 N–H and O–H groups in total. The van der Waals surface area contributed by atoms with Crippen LogP contribution in [0.25, 0.3) is 0 Å². The first-order chi connectivity index (χ1) is 9.42. The van der Waals surface area contributed by atoms with Crippen LogP contribution in [0.3, 0.4) is 0 Å². The number of hydrogen-bond donors (Lipinski definition) is 4. The number of nitrogen functional groups attached to an aromatic ring is 1. The number of rotatable bonds is 7. The molecule has 1 aliphatic rings. The summed E-state index contributed by atoms with van der Waals surface area (Å²) in [5.41, 5.74) is 7.14. The van der Waals surface area contributed by atoms with E-state index in [0.717, 1.165) is 19.3 Å². The zero-order valence-corrected chi connectivity index (χ0v) is 12.3. The van der Waals surface area contributed by atoms with Gasteiger partial charge in [-0.25, -0.2) is 13.1 Å². The molecule has 0 radical (unpaired) electrons. The fourth-order valence-corrected chi connectivity index (χ4v) is 2.94. The highest BCUT2D eigenvalue weighted by Crippen LogP contribution is 2.48. The van der Waals surface area contributed by atoms with Crippen LogP contribution in [0.4, 0.5) is 11.4 Å². The Kier molecular flexibility index (Phi) is 4.22. The maximum absolute atomic E-state index is 11.8. The number of benzene rings is 1. The van der Waals surface area contributed by atoms with E-state index in [2.05, 4.69) is 10.0 Å². The van der Waals surface area contributed by atoms with E-state index in [4.69, 9.17) is 10.8 Å². The Morgan fingerprint density at radius 3 is 2.65 bits per heavy atom. The quantitative estimate of drug-likeness (QED) is 0.556. The number of nitrogens with two attached hydrogens (primary N) is 1. The summed E-state index contributed by atoms with van der Waals surface area (Å²) >= 11 is 0. The van der Waals surface area contributed by atoms with E-state index in [1.165, 1.54) is 19.2 Å². The van der Waals surface area contributed by atoms with Gasteiger partial charge in [0.1, 0.15) is 0 Å². The van der Waals surface area contributed by atoms with Gasteiger partial charge in [0.2, 0.25) is 10.0 Å². The van der Waals surface area contributed by atoms with E-state index in [0.29, 0.717) is 17.9 Å². The Labute approximate surface area is 119 Å². The molecule has 6 nitrogen and oxygen atoms in total. The van der Waals surface area contributed by atoms with Crippen LogP contribution in [0.2, 0.25) is 0 Å². The molecule has 0 spiro atoms. The van der Waals surface area contributed by atoms with Crippen molar-refractivity contribution < 1.29 is 13.5 Å². The molecule has 1 aliphatic carbocycles. The predicted octanol–water partition coefficient (Wildman–Crippen LogP) is 0.751. The first kappa shape index (κ1) is 15.1. The molecule has 0 unspecified atom stereocenters. The van der Waals surface area contributed by atoms with Crippen molar-refractivity contribution in [3.8, 4) is 0 Å². The smallest absolute Gasteiger partial charge is 0.240 e. The Morgan fingerprint density at radius 2 is 2.10 bits per heavy atom.